The molecule has 0 saturated heterocycles. The highest BCUT2D eigenvalue weighted by Crippen LogP contribution is 2.35. The summed E-state index contributed by atoms with van der Waals surface area (Å²) in [7, 11) is 0. The molecule has 0 amide bonds. The fraction of sp³-hybridized carbons (Fsp3) is 0.583. The molecule has 1 aliphatic rings. The maximum Gasteiger partial charge on any atom is 0.126 e. The van der Waals surface area contributed by atoms with Crippen molar-refractivity contribution < 1.29 is 0 Å². The lowest BCUT2D eigenvalue weighted by atomic mass is 9.73. The van der Waals surface area contributed by atoms with Crippen LogP contribution in [0.25, 0.3) is 0 Å². The van der Waals surface area contributed by atoms with Crippen molar-refractivity contribution >= 4 is 5.82 Å². The van der Waals surface area contributed by atoms with Crippen molar-refractivity contribution in [2.75, 3.05) is 5.32 Å². The first-order valence-electron chi connectivity index (χ1n) is 5.45. The van der Waals surface area contributed by atoms with Gasteiger partial charge in [-0.3, -0.25) is 0 Å². The molecular formula is C12H18N2. The van der Waals surface area contributed by atoms with Gasteiger partial charge in [0.05, 0.1) is 0 Å². The molecule has 14 heavy (non-hydrogen) atoms. The normalized spacial score (nSPS) is 25.9. The van der Waals surface area contributed by atoms with Crippen molar-refractivity contribution in [2.24, 2.45) is 11.8 Å². The molecule has 2 heteroatoms. The number of hydrogen-bond donors (Lipinski definition) is 1. The Morgan fingerprint density at radius 2 is 2.21 bits per heavy atom. The van der Waals surface area contributed by atoms with Crippen LogP contribution in [0.4, 0.5) is 5.82 Å². The highest BCUT2D eigenvalue weighted by atomic mass is 15.0. The molecule has 1 saturated carbocycles. The number of hydrogen-bond acceptors (Lipinski definition) is 2. The molecule has 1 aromatic heterocycles. The Labute approximate surface area is 85.7 Å². The number of pyridine rings is 1. The van der Waals surface area contributed by atoms with Gasteiger partial charge >= 0.3 is 0 Å². The average molecular weight is 190 g/mol. The predicted octanol–water partition coefficient (Wildman–Crippen LogP) is 2.93. The van der Waals surface area contributed by atoms with Crippen LogP contribution in [-0.2, 0) is 0 Å². The van der Waals surface area contributed by atoms with E-state index in [1.807, 2.05) is 24.4 Å². The number of anilines is 1. The molecular weight excluding hydrogens is 172 g/mol. The molecule has 0 aliphatic heterocycles. The first-order chi connectivity index (χ1) is 6.77. The lowest BCUT2D eigenvalue weighted by Crippen LogP contribution is -2.41. The Hall–Kier alpha value is -1.05. The summed E-state index contributed by atoms with van der Waals surface area (Å²) in [6, 6.07) is 6.66. The lowest BCUT2D eigenvalue weighted by molar-refractivity contribution is 0.205. The van der Waals surface area contributed by atoms with Crippen LogP contribution in [0.5, 0.6) is 0 Å². The minimum atomic E-state index is 0.643. The SMILES string of the molecule is CC(C)C1CCC1Nc1ccccn1. The monoisotopic (exact) mass is 190 g/mol. The van der Waals surface area contributed by atoms with Crippen molar-refractivity contribution in [3.63, 3.8) is 0 Å². The third-order valence-corrected chi connectivity index (χ3v) is 3.18. The van der Waals surface area contributed by atoms with Gasteiger partial charge < -0.3 is 5.32 Å². The molecule has 0 radical (unpaired) electrons. The Kier molecular flexibility index (Phi) is 2.71. The molecule has 2 unspecified atom stereocenters. The van der Waals surface area contributed by atoms with Crippen LogP contribution < -0.4 is 5.32 Å². The Morgan fingerprint density at radius 1 is 1.36 bits per heavy atom. The molecule has 0 aromatic carbocycles. The lowest BCUT2D eigenvalue weighted by Gasteiger charge is -2.40. The van der Waals surface area contributed by atoms with Gasteiger partial charge in [-0.15, -0.1) is 0 Å². The maximum atomic E-state index is 4.28. The second-order valence-electron chi connectivity index (χ2n) is 4.45. The summed E-state index contributed by atoms with van der Waals surface area (Å²) in [5.41, 5.74) is 0. The van der Waals surface area contributed by atoms with E-state index < -0.39 is 0 Å². The molecule has 0 bridgehead atoms. The van der Waals surface area contributed by atoms with E-state index in [2.05, 4.69) is 24.1 Å². The van der Waals surface area contributed by atoms with Gasteiger partial charge in [0.1, 0.15) is 5.82 Å². The van der Waals surface area contributed by atoms with Crippen LogP contribution in [0.2, 0.25) is 0 Å². The van der Waals surface area contributed by atoms with E-state index in [4.69, 9.17) is 0 Å². The van der Waals surface area contributed by atoms with Gasteiger partial charge in [0.2, 0.25) is 0 Å². The fourth-order valence-electron chi connectivity index (χ4n) is 2.14. The molecule has 1 N–H and O–H groups in total. The van der Waals surface area contributed by atoms with E-state index in [1.54, 1.807) is 0 Å². The minimum absolute atomic E-state index is 0.643. The zero-order chi connectivity index (χ0) is 9.97. The Morgan fingerprint density at radius 3 is 2.71 bits per heavy atom. The zero-order valence-corrected chi connectivity index (χ0v) is 8.90. The predicted molar refractivity (Wildman–Crippen MR) is 59.2 cm³/mol. The van der Waals surface area contributed by atoms with Gasteiger partial charge in [0.25, 0.3) is 0 Å². The second kappa shape index (κ2) is 3.99. The molecule has 2 nitrogen and oxygen atoms in total. The van der Waals surface area contributed by atoms with Gasteiger partial charge in [0.15, 0.2) is 0 Å². The van der Waals surface area contributed by atoms with E-state index in [1.165, 1.54) is 12.8 Å². The molecule has 0 spiro atoms. The van der Waals surface area contributed by atoms with Gasteiger partial charge in [0, 0.05) is 12.2 Å². The number of nitrogens with one attached hydrogen (secondary N) is 1. The third-order valence-electron chi connectivity index (χ3n) is 3.18. The van der Waals surface area contributed by atoms with Gasteiger partial charge in [-0.2, -0.15) is 0 Å². The molecule has 76 valence electrons. The summed E-state index contributed by atoms with van der Waals surface area (Å²) >= 11 is 0. The van der Waals surface area contributed by atoms with E-state index in [0.717, 1.165) is 17.7 Å². The molecule has 1 aliphatic carbocycles. The third kappa shape index (κ3) is 1.89. The van der Waals surface area contributed by atoms with Crippen LogP contribution in [-0.4, -0.2) is 11.0 Å². The second-order valence-corrected chi connectivity index (χ2v) is 4.45. The van der Waals surface area contributed by atoms with Crippen LogP contribution in [0.3, 0.4) is 0 Å². The summed E-state index contributed by atoms with van der Waals surface area (Å²) in [5, 5.41) is 3.50. The number of nitrogens with zero attached hydrogens (tertiary/aromatic N) is 1. The molecule has 1 heterocycles. The van der Waals surface area contributed by atoms with Crippen LogP contribution in [0.1, 0.15) is 26.7 Å². The standard InChI is InChI=1S/C12H18N2/c1-9(2)10-6-7-11(10)14-12-5-3-4-8-13-12/h3-5,8-11H,6-7H2,1-2H3,(H,13,14). The molecule has 2 rings (SSSR count). The molecule has 1 aromatic rings. The van der Waals surface area contributed by atoms with Gasteiger partial charge in [-0.1, -0.05) is 19.9 Å². The highest BCUT2D eigenvalue weighted by Gasteiger charge is 2.32. The van der Waals surface area contributed by atoms with Crippen molar-refractivity contribution in [1.29, 1.82) is 0 Å². The summed E-state index contributed by atoms with van der Waals surface area (Å²) in [6.07, 6.45) is 4.49. The van der Waals surface area contributed by atoms with Crippen LogP contribution in [0.15, 0.2) is 24.4 Å². The van der Waals surface area contributed by atoms with Crippen molar-refractivity contribution in [3.05, 3.63) is 24.4 Å². The summed E-state index contributed by atoms with van der Waals surface area (Å²) in [6.45, 7) is 4.61. The first-order valence-corrected chi connectivity index (χ1v) is 5.45. The van der Waals surface area contributed by atoms with Crippen molar-refractivity contribution in [3.8, 4) is 0 Å². The molecule has 1 fully saturated rings. The Bertz CT molecular complexity index is 282. The first kappa shape index (κ1) is 9.50. The van der Waals surface area contributed by atoms with Crippen molar-refractivity contribution in [2.45, 2.75) is 32.7 Å². The van der Waals surface area contributed by atoms with Gasteiger partial charge in [-0.25, -0.2) is 4.98 Å². The van der Waals surface area contributed by atoms with E-state index >= 15 is 0 Å². The minimum Gasteiger partial charge on any atom is -0.367 e. The van der Waals surface area contributed by atoms with E-state index in [0.29, 0.717) is 6.04 Å². The van der Waals surface area contributed by atoms with E-state index in [-0.39, 0.29) is 0 Å². The Balaban J connectivity index is 1.93. The maximum absolute atomic E-state index is 4.28. The zero-order valence-electron chi connectivity index (χ0n) is 8.90. The topological polar surface area (TPSA) is 24.9 Å². The van der Waals surface area contributed by atoms with Crippen LogP contribution >= 0.6 is 0 Å². The number of rotatable bonds is 3. The summed E-state index contributed by atoms with van der Waals surface area (Å²) in [5.74, 6) is 2.63. The summed E-state index contributed by atoms with van der Waals surface area (Å²) < 4.78 is 0. The molecule has 2 atom stereocenters. The fourth-order valence-corrected chi connectivity index (χ4v) is 2.14. The summed E-state index contributed by atoms with van der Waals surface area (Å²) in [4.78, 5) is 4.28. The quantitative estimate of drug-likeness (QED) is 0.792. The van der Waals surface area contributed by atoms with Gasteiger partial charge in [-0.05, 0) is 36.8 Å². The van der Waals surface area contributed by atoms with Crippen LogP contribution in [0, 0.1) is 11.8 Å². The number of aromatic nitrogens is 1. The average Bonchev–Trinajstić information content (AvgIpc) is 2.13. The highest BCUT2D eigenvalue weighted by molar-refractivity contribution is 5.35. The smallest absolute Gasteiger partial charge is 0.126 e. The largest absolute Gasteiger partial charge is 0.367 e. The van der Waals surface area contributed by atoms with Crippen molar-refractivity contribution in [1.82, 2.24) is 4.98 Å². The van der Waals surface area contributed by atoms with E-state index in [9.17, 15) is 0 Å².